The van der Waals surface area contributed by atoms with Crippen LogP contribution in [0.15, 0.2) is 48.9 Å². The highest BCUT2D eigenvalue weighted by Crippen LogP contribution is 2.15. The monoisotopic (exact) mass is 396 g/mol. The molecule has 0 bridgehead atoms. The van der Waals surface area contributed by atoms with Gasteiger partial charge in [0.05, 0.1) is 11.8 Å². The van der Waals surface area contributed by atoms with Gasteiger partial charge < -0.3 is 15.7 Å². The molecule has 3 rings (SSSR count). The molecular formula is C19H20N6O4. The Morgan fingerprint density at radius 2 is 1.72 bits per heavy atom. The van der Waals surface area contributed by atoms with Crippen molar-refractivity contribution < 1.29 is 19.5 Å². The molecule has 2 heterocycles. The number of hydrogen-bond acceptors (Lipinski definition) is 5. The summed E-state index contributed by atoms with van der Waals surface area (Å²) in [5.74, 6) is -1.61. The van der Waals surface area contributed by atoms with Crippen LogP contribution in [0.1, 0.15) is 34.2 Å². The summed E-state index contributed by atoms with van der Waals surface area (Å²) in [6.45, 7) is 2.88. The van der Waals surface area contributed by atoms with Crippen molar-refractivity contribution in [3.05, 3.63) is 60.2 Å². The quantitative estimate of drug-likeness (QED) is 0.534. The van der Waals surface area contributed by atoms with Gasteiger partial charge in [-0.25, -0.2) is 4.79 Å². The standard InChI is InChI=1S/C19H20N6O4/c1-2-24-9-7-16(23-24)18(27)22-15-5-3-14(4-6-15)21-17(26)8-10-25-12-13(11-20-25)19(28)29/h3-7,9,11-12H,2,8,10H2,1H3,(H,21,26)(H,22,27)(H,28,29). The van der Waals surface area contributed by atoms with Gasteiger partial charge >= 0.3 is 5.97 Å². The third kappa shape index (κ3) is 5.28. The summed E-state index contributed by atoms with van der Waals surface area (Å²) < 4.78 is 3.07. The van der Waals surface area contributed by atoms with Gasteiger partial charge in [-0.3, -0.25) is 19.0 Å². The number of nitrogens with one attached hydrogen (secondary N) is 2. The molecule has 0 aliphatic carbocycles. The first-order chi connectivity index (χ1) is 13.9. The molecule has 0 fully saturated rings. The maximum atomic E-state index is 12.2. The van der Waals surface area contributed by atoms with Gasteiger partial charge in [-0.2, -0.15) is 10.2 Å². The van der Waals surface area contributed by atoms with E-state index in [-0.39, 0.29) is 30.3 Å². The molecule has 3 aromatic rings. The number of amides is 2. The third-order valence-corrected chi connectivity index (χ3v) is 4.07. The van der Waals surface area contributed by atoms with Crippen LogP contribution in [0.2, 0.25) is 0 Å². The minimum Gasteiger partial charge on any atom is -0.478 e. The minimum atomic E-state index is -1.06. The molecule has 0 aliphatic rings. The number of aromatic nitrogens is 4. The van der Waals surface area contributed by atoms with E-state index in [0.717, 1.165) is 0 Å². The SMILES string of the molecule is CCn1ccc(C(=O)Nc2ccc(NC(=O)CCn3cc(C(=O)O)cn3)cc2)n1. The van der Waals surface area contributed by atoms with Crippen molar-refractivity contribution in [1.29, 1.82) is 0 Å². The van der Waals surface area contributed by atoms with Gasteiger partial charge in [0.1, 0.15) is 0 Å². The van der Waals surface area contributed by atoms with Crippen LogP contribution in [0.25, 0.3) is 0 Å². The molecule has 0 aliphatic heterocycles. The summed E-state index contributed by atoms with van der Waals surface area (Å²) in [5, 5.41) is 22.4. The molecule has 0 spiro atoms. The molecule has 0 unspecified atom stereocenters. The van der Waals surface area contributed by atoms with Crippen molar-refractivity contribution in [2.24, 2.45) is 0 Å². The smallest absolute Gasteiger partial charge is 0.338 e. The lowest BCUT2D eigenvalue weighted by Crippen LogP contribution is -2.15. The number of aryl methyl sites for hydroxylation is 2. The summed E-state index contributed by atoms with van der Waals surface area (Å²) in [7, 11) is 0. The Bertz CT molecular complexity index is 1020. The van der Waals surface area contributed by atoms with Gasteiger partial charge in [0.2, 0.25) is 5.91 Å². The summed E-state index contributed by atoms with van der Waals surface area (Å²) in [4.78, 5) is 35.0. The molecule has 0 atom stereocenters. The molecular weight excluding hydrogens is 376 g/mol. The van der Waals surface area contributed by atoms with E-state index in [0.29, 0.717) is 23.6 Å². The molecule has 0 radical (unpaired) electrons. The van der Waals surface area contributed by atoms with E-state index in [1.807, 2.05) is 6.92 Å². The summed E-state index contributed by atoms with van der Waals surface area (Å²) in [6, 6.07) is 8.35. The van der Waals surface area contributed by atoms with E-state index >= 15 is 0 Å². The molecule has 29 heavy (non-hydrogen) atoms. The van der Waals surface area contributed by atoms with E-state index in [9.17, 15) is 14.4 Å². The summed E-state index contributed by atoms with van der Waals surface area (Å²) in [6.07, 6.45) is 4.48. The highest BCUT2D eigenvalue weighted by molar-refractivity contribution is 6.03. The lowest BCUT2D eigenvalue weighted by Gasteiger charge is -2.07. The zero-order valence-electron chi connectivity index (χ0n) is 15.7. The van der Waals surface area contributed by atoms with E-state index in [1.165, 1.54) is 17.1 Å². The molecule has 0 saturated heterocycles. The second kappa shape index (κ2) is 8.83. The fraction of sp³-hybridized carbons (Fsp3) is 0.211. The average Bonchev–Trinajstić information content (AvgIpc) is 3.37. The van der Waals surface area contributed by atoms with Crippen LogP contribution in [0.4, 0.5) is 11.4 Å². The predicted octanol–water partition coefficient (Wildman–Crippen LogP) is 2.08. The number of hydrogen-bond donors (Lipinski definition) is 3. The van der Waals surface area contributed by atoms with E-state index in [4.69, 9.17) is 5.11 Å². The average molecular weight is 396 g/mol. The minimum absolute atomic E-state index is 0.0736. The highest BCUT2D eigenvalue weighted by Gasteiger charge is 2.10. The number of benzene rings is 1. The van der Waals surface area contributed by atoms with Crippen molar-refractivity contribution in [3.63, 3.8) is 0 Å². The van der Waals surface area contributed by atoms with Crippen LogP contribution in [0.3, 0.4) is 0 Å². The molecule has 0 saturated carbocycles. The van der Waals surface area contributed by atoms with Crippen molar-refractivity contribution in [3.8, 4) is 0 Å². The topological polar surface area (TPSA) is 131 Å². The predicted molar refractivity (Wildman–Crippen MR) is 105 cm³/mol. The largest absolute Gasteiger partial charge is 0.478 e. The number of anilines is 2. The van der Waals surface area contributed by atoms with Crippen LogP contribution in [-0.2, 0) is 17.9 Å². The summed E-state index contributed by atoms with van der Waals surface area (Å²) >= 11 is 0. The van der Waals surface area contributed by atoms with E-state index in [2.05, 4.69) is 20.8 Å². The maximum absolute atomic E-state index is 12.2. The van der Waals surface area contributed by atoms with Crippen LogP contribution < -0.4 is 10.6 Å². The Balaban J connectivity index is 1.49. The highest BCUT2D eigenvalue weighted by atomic mass is 16.4. The number of carbonyl (C=O) groups is 3. The Morgan fingerprint density at radius 1 is 1.03 bits per heavy atom. The van der Waals surface area contributed by atoms with Crippen molar-refractivity contribution >= 4 is 29.2 Å². The Kier molecular flexibility index (Phi) is 6.03. The van der Waals surface area contributed by atoms with Gasteiger partial charge in [0.25, 0.3) is 5.91 Å². The lowest BCUT2D eigenvalue weighted by atomic mass is 10.2. The van der Waals surface area contributed by atoms with Crippen molar-refractivity contribution in [1.82, 2.24) is 19.6 Å². The van der Waals surface area contributed by atoms with Crippen LogP contribution in [0, 0.1) is 0 Å². The first-order valence-electron chi connectivity index (χ1n) is 8.95. The number of aromatic carboxylic acids is 1. The van der Waals surface area contributed by atoms with Crippen molar-refractivity contribution in [2.75, 3.05) is 10.6 Å². The molecule has 10 heteroatoms. The Hall–Kier alpha value is -3.95. The fourth-order valence-corrected chi connectivity index (χ4v) is 2.53. The van der Waals surface area contributed by atoms with Gasteiger partial charge in [-0.15, -0.1) is 0 Å². The van der Waals surface area contributed by atoms with Crippen LogP contribution in [-0.4, -0.2) is 42.5 Å². The molecule has 150 valence electrons. The van der Waals surface area contributed by atoms with Gasteiger partial charge in [0, 0.05) is 43.3 Å². The van der Waals surface area contributed by atoms with Crippen LogP contribution in [0.5, 0.6) is 0 Å². The number of nitrogens with zero attached hydrogens (tertiary/aromatic N) is 4. The molecule has 1 aromatic carbocycles. The van der Waals surface area contributed by atoms with E-state index < -0.39 is 5.97 Å². The van der Waals surface area contributed by atoms with Crippen molar-refractivity contribution in [2.45, 2.75) is 26.4 Å². The first-order valence-corrected chi connectivity index (χ1v) is 8.95. The zero-order chi connectivity index (χ0) is 20.8. The second-order valence-electron chi connectivity index (χ2n) is 6.18. The molecule has 3 N–H and O–H groups in total. The summed E-state index contributed by atoms with van der Waals surface area (Å²) in [5.41, 5.74) is 1.56. The Morgan fingerprint density at radius 3 is 2.31 bits per heavy atom. The van der Waals surface area contributed by atoms with Crippen LogP contribution >= 0.6 is 0 Å². The number of carboxylic acids is 1. The van der Waals surface area contributed by atoms with Gasteiger partial charge in [-0.05, 0) is 37.3 Å². The van der Waals surface area contributed by atoms with Gasteiger partial charge in [0.15, 0.2) is 5.69 Å². The zero-order valence-corrected chi connectivity index (χ0v) is 15.7. The lowest BCUT2D eigenvalue weighted by molar-refractivity contribution is -0.116. The molecule has 2 amide bonds. The van der Waals surface area contributed by atoms with E-state index in [1.54, 1.807) is 41.2 Å². The van der Waals surface area contributed by atoms with Gasteiger partial charge in [-0.1, -0.05) is 0 Å². The maximum Gasteiger partial charge on any atom is 0.338 e. The number of carbonyl (C=O) groups excluding carboxylic acids is 2. The number of carboxylic acid groups (broad SMARTS) is 1. The second-order valence-corrected chi connectivity index (χ2v) is 6.18. The number of rotatable bonds is 8. The normalized spacial score (nSPS) is 10.5. The Labute approximate surface area is 166 Å². The first kappa shape index (κ1) is 19.8. The third-order valence-electron chi connectivity index (χ3n) is 4.07. The molecule has 2 aromatic heterocycles. The molecule has 10 nitrogen and oxygen atoms in total. The fourth-order valence-electron chi connectivity index (χ4n) is 2.53.